The smallest absolute Gasteiger partial charge is 0.191 e. The molecule has 1 aliphatic rings. The van der Waals surface area contributed by atoms with Crippen LogP contribution in [0.15, 0.2) is 34.2 Å². The second kappa shape index (κ2) is 9.74. The fourth-order valence-electron chi connectivity index (χ4n) is 4.05. The monoisotopic (exact) mass is 408 g/mol. The number of likely N-dealkylation sites (N-methyl/N-ethyl adjacent to an activating group) is 1. The van der Waals surface area contributed by atoms with Crippen molar-refractivity contribution in [3.8, 4) is 0 Å². The molecule has 6 nitrogen and oxygen atoms in total. The van der Waals surface area contributed by atoms with Gasteiger partial charge in [-0.2, -0.15) is 0 Å². The highest BCUT2D eigenvalue weighted by Crippen LogP contribution is 2.35. The Kier molecular flexibility index (Phi) is 7.89. The summed E-state index contributed by atoms with van der Waals surface area (Å²) >= 11 is 0. The third kappa shape index (κ3) is 6.21. The average molecular weight is 409 g/mol. The summed E-state index contributed by atoms with van der Waals surface area (Å²) in [5.41, 5.74) is 1.28. The molecule has 1 aromatic rings. The Morgan fingerprint density at radius 2 is 1.93 bits per heavy atom. The molecule has 1 fully saturated rings. The van der Waals surface area contributed by atoms with E-state index in [-0.39, 0.29) is 5.54 Å². The molecule has 0 aromatic heterocycles. The van der Waals surface area contributed by atoms with E-state index < -0.39 is 9.84 Å². The van der Waals surface area contributed by atoms with Gasteiger partial charge in [0.05, 0.1) is 4.90 Å². The topological polar surface area (TPSA) is 73.8 Å². The minimum atomic E-state index is -3.14. The predicted octanol–water partition coefficient (Wildman–Crippen LogP) is 2.31. The lowest BCUT2D eigenvalue weighted by Gasteiger charge is -2.45. The normalized spacial score (nSPS) is 23.6. The van der Waals surface area contributed by atoms with Gasteiger partial charge in [0.2, 0.25) is 0 Å². The molecular formula is C21H36N4O2S. The van der Waals surface area contributed by atoms with Gasteiger partial charge in [-0.3, -0.25) is 4.99 Å². The summed E-state index contributed by atoms with van der Waals surface area (Å²) in [6.07, 6.45) is 7.04. The molecule has 0 bridgehead atoms. The van der Waals surface area contributed by atoms with Gasteiger partial charge in [0.1, 0.15) is 0 Å². The van der Waals surface area contributed by atoms with Crippen molar-refractivity contribution in [1.29, 1.82) is 0 Å². The van der Waals surface area contributed by atoms with Gasteiger partial charge in [-0.25, -0.2) is 8.42 Å². The predicted molar refractivity (Wildman–Crippen MR) is 117 cm³/mol. The Bertz CT molecular complexity index is 759. The number of benzene rings is 1. The van der Waals surface area contributed by atoms with Gasteiger partial charge in [0, 0.05) is 31.9 Å². The number of hydrogen-bond acceptors (Lipinski definition) is 4. The van der Waals surface area contributed by atoms with Crippen LogP contribution in [0, 0.1) is 5.92 Å². The van der Waals surface area contributed by atoms with E-state index in [0.29, 0.717) is 4.90 Å². The zero-order valence-electron chi connectivity index (χ0n) is 18.0. The molecular weight excluding hydrogens is 372 g/mol. The molecule has 0 amide bonds. The molecule has 0 heterocycles. The number of aliphatic imine (C=N–C) groups is 1. The average Bonchev–Trinajstić information content (AvgIpc) is 2.64. The van der Waals surface area contributed by atoms with Crippen molar-refractivity contribution in [3.63, 3.8) is 0 Å². The van der Waals surface area contributed by atoms with Crippen molar-refractivity contribution in [2.45, 2.75) is 49.5 Å². The second-order valence-electron chi connectivity index (χ2n) is 8.34. The van der Waals surface area contributed by atoms with Crippen LogP contribution in [0.2, 0.25) is 0 Å². The first-order chi connectivity index (χ1) is 13.2. The fraction of sp³-hybridized carbons (Fsp3) is 0.667. The molecule has 2 unspecified atom stereocenters. The number of nitrogens with one attached hydrogen (secondary N) is 2. The second-order valence-corrected chi connectivity index (χ2v) is 10.4. The maximum atomic E-state index is 11.5. The molecule has 1 aromatic carbocycles. The van der Waals surface area contributed by atoms with E-state index in [1.807, 2.05) is 12.1 Å². The lowest BCUT2D eigenvalue weighted by Crippen LogP contribution is -2.56. The van der Waals surface area contributed by atoms with E-state index in [0.717, 1.165) is 37.0 Å². The van der Waals surface area contributed by atoms with Gasteiger partial charge < -0.3 is 15.5 Å². The van der Waals surface area contributed by atoms with Gasteiger partial charge in [0.25, 0.3) is 0 Å². The van der Waals surface area contributed by atoms with Crippen LogP contribution >= 0.6 is 0 Å². The first-order valence-corrected chi connectivity index (χ1v) is 12.0. The highest BCUT2D eigenvalue weighted by Gasteiger charge is 2.36. The van der Waals surface area contributed by atoms with E-state index in [2.05, 4.69) is 41.5 Å². The zero-order chi connectivity index (χ0) is 20.8. The van der Waals surface area contributed by atoms with Crippen LogP contribution in [0.1, 0.15) is 38.2 Å². The SMILES string of the molecule is CN=C(NCCc1ccc(S(C)(=O)=O)cc1)NCC1(N(C)C)CCCC(C)C1. The third-order valence-corrected chi connectivity index (χ3v) is 7.01. The molecule has 158 valence electrons. The summed E-state index contributed by atoms with van der Waals surface area (Å²) in [6.45, 7) is 3.97. The van der Waals surface area contributed by atoms with Crippen LogP contribution < -0.4 is 10.6 Å². The molecule has 2 rings (SSSR count). The molecule has 28 heavy (non-hydrogen) atoms. The number of guanidine groups is 1. The maximum Gasteiger partial charge on any atom is 0.191 e. The van der Waals surface area contributed by atoms with Gasteiger partial charge in [-0.05, 0) is 57.0 Å². The number of sulfone groups is 1. The molecule has 1 saturated carbocycles. The third-order valence-electron chi connectivity index (χ3n) is 5.88. The van der Waals surface area contributed by atoms with Crippen molar-refractivity contribution < 1.29 is 8.42 Å². The fourth-order valence-corrected chi connectivity index (χ4v) is 4.69. The van der Waals surface area contributed by atoms with Gasteiger partial charge in [-0.15, -0.1) is 0 Å². The van der Waals surface area contributed by atoms with Crippen molar-refractivity contribution in [3.05, 3.63) is 29.8 Å². The summed E-state index contributed by atoms with van der Waals surface area (Å²) in [6, 6.07) is 7.09. The first kappa shape index (κ1) is 22.7. The van der Waals surface area contributed by atoms with Crippen LogP contribution in [-0.2, 0) is 16.3 Å². The van der Waals surface area contributed by atoms with Crippen LogP contribution in [0.3, 0.4) is 0 Å². The minimum Gasteiger partial charge on any atom is -0.356 e. The molecule has 0 aliphatic heterocycles. The van der Waals surface area contributed by atoms with Crippen LogP contribution in [0.4, 0.5) is 0 Å². The van der Waals surface area contributed by atoms with Crippen LogP contribution in [0.25, 0.3) is 0 Å². The minimum absolute atomic E-state index is 0.177. The van der Waals surface area contributed by atoms with Crippen molar-refractivity contribution in [2.24, 2.45) is 10.9 Å². The highest BCUT2D eigenvalue weighted by atomic mass is 32.2. The Morgan fingerprint density at radius 1 is 1.25 bits per heavy atom. The van der Waals surface area contributed by atoms with Gasteiger partial charge in [-0.1, -0.05) is 31.9 Å². The number of nitrogens with zero attached hydrogens (tertiary/aromatic N) is 2. The summed E-state index contributed by atoms with van der Waals surface area (Å²) in [7, 11) is 3.01. The van der Waals surface area contributed by atoms with Crippen molar-refractivity contribution in [2.75, 3.05) is 40.5 Å². The van der Waals surface area contributed by atoms with E-state index >= 15 is 0 Å². The molecule has 0 spiro atoms. The lowest BCUT2D eigenvalue weighted by atomic mass is 9.75. The summed E-state index contributed by atoms with van der Waals surface area (Å²) in [5.74, 6) is 1.56. The quantitative estimate of drug-likeness (QED) is 0.535. The highest BCUT2D eigenvalue weighted by molar-refractivity contribution is 7.90. The Labute approximate surface area is 170 Å². The lowest BCUT2D eigenvalue weighted by molar-refractivity contribution is 0.0796. The largest absolute Gasteiger partial charge is 0.356 e. The van der Waals surface area contributed by atoms with Gasteiger partial charge in [0.15, 0.2) is 15.8 Å². The maximum absolute atomic E-state index is 11.5. The van der Waals surface area contributed by atoms with Crippen molar-refractivity contribution >= 4 is 15.8 Å². The molecule has 2 N–H and O–H groups in total. The van der Waals surface area contributed by atoms with Crippen molar-refractivity contribution in [1.82, 2.24) is 15.5 Å². The Balaban J connectivity index is 1.85. The first-order valence-electron chi connectivity index (χ1n) is 10.1. The molecule has 0 saturated heterocycles. The summed E-state index contributed by atoms with van der Waals surface area (Å²) < 4.78 is 23.1. The van der Waals surface area contributed by atoms with Crippen LogP contribution in [-0.4, -0.2) is 65.3 Å². The Hall–Kier alpha value is -1.60. The standard InChI is InChI=1S/C21H36N4O2S/c1-17-7-6-13-21(15-17,25(3)4)16-24-20(22-2)23-14-12-18-8-10-19(11-9-18)28(5,26)27/h8-11,17H,6-7,12-16H2,1-5H3,(H2,22,23,24). The van der Waals surface area contributed by atoms with Gasteiger partial charge >= 0.3 is 0 Å². The summed E-state index contributed by atoms with van der Waals surface area (Å²) in [4.78, 5) is 7.08. The number of rotatable bonds is 7. The van der Waals surface area contributed by atoms with E-state index in [9.17, 15) is 8.42 Å². The van der Waals surface area contributed by atoms with E-state index in [1.54, 1.807) is 19.2 Å². The Morgan fingerprint density at radius 3 is 2.46 bits per heavy atom. The molecule has 7 heteroatoms. The zero-order valence-corrected chi connectivity index (χ0v) is 18.8. The summed E-state index contributed by atoms with van der Waals surface area (Å²) in [5, 5.41) is 6.89. The number of hydrogen-bond donors (Lipinski definition) is 2. The molecule has 2 atom stereocenters. The van der Waals surface area contributed by atoms with Crippen LogP contribution in [0.5, 0.6) is 0 Å². The molecule has 0 radical (unpaired) electrons. The molecule has 1 aliphatic carbocycles. The van der Waals surface area contributed by atoms with E-state index in [1.165, 1.54) is 31.9 Å². The van der Waals surface area contributed by atoms with E-state index in [4.69, 9.17) is 0 Å².